The number of likely N-dealkylation sites (tertiary alicyclic amines) is 1. The maximum atomic E-state index is 5.82. The summed E-state index contributed by atoms with van der Waals surface area (Å²) in [6.45, 7) is 10.8. The van der Waals surface area contributed by atoms with Crippen molar-refractivity contribution in [1.29, 1.82) is 0 Å². The van der Waals surface area contributed by atoms with Crippen molar-refractivity contribution in [2.75, 3.05) is 32.8 Å². The summed E-state index contributed by atoms with van der Waals surface area (Å²) < 4.78 is 5.82. The third kappa shape index (κ3) is 5.14. The van der Waals surface area contributed by atoms with Crippen LogP contribution in [-0.2, 0) is 6.54 Å². The minimum atomic E-state index is 0.792. The summed E-state index contributed by atoms with van der Waals surface area (Å²) in [5.74, 6) is 1.83. The minimum absolute atomic E-state index is 0.792. The molecule has 1 aromatic rings. The number of hydrogen-bond donors (Lipinski definition) is 1. The molecule has 0 amide bonds. The molecule has 0 radical (unpaired) electrons. The molecule has 3 heteroatoms. The molecule has 0 saturated carbocycles. The average molecular weight is 276 g/mol. The number of nitrogens with one attached hydrogen (secondary N) is 1. The predicted octanol–water partition coefficient (Wildman–Crippen LogP) is 2.91. The van der Waals surface area contributed by atoms with E-state index in [1.54, 1.807) is 0 Å². The molecule has 1 N–H and O–H groups in total. The Kier molecular flexibility index (Phi) is 6.34. The van der Waals surface area contributed by atoms with Gasteiger partial charge in [0.15, 0.2) is 0 Å². The van der Waals surface area contributed by atoms with Crippen molar-refractivity contribution in [3.8, 4) is 5.75 Å². The fourth-order valence-electron chi connectivity index (χ4n) is 2.64. The molecule has 1 unspecified atom stereocenters. The Bertz CT molecular complexity index is 377. The highest BCUT2D eigenvalue weighted by Crippen LogP contribution is 2.15. The van der Waals surface area contributed by atoms with E-state index in [9.17, 15) is 0 Å². The molecule has 0 aromatic heterocycles. The predicted molar refractivity (Wildman–Crippen MR) is 84.2 cm³/mol. The molecule has 1 saturated heterocycles. The lowest BCUT2D eigenvalue weighted by Gasteiger charge is -2.15. The van der Waals surface area contributed by atoms with Crippen LogP contribution in [0.15, 0.2) is 24.3 Å². The van der Waals surface area contributed by atoms with Gasteiger partial charge in [0.25, 0.3) is 0 Å². The Hall–Kier alpha value is -1.06. The van der Waals surface area contributed by atoms with E-state index < -0.39 is 0 Å². The molecule has 0 bridgehead atoms. The summed E-state index contributed by atoms with van der Waals surface area (Å²) in [4.78, 5) is 2.49. The van der Waals surface area contributed by atoms with Crippen LogP contribution < -0.4 is 10.1 Å². The second-order valence-corrected chi connectivity index (χ2v) is 5.86. The number of nitrogens with zero attached hydrogens (tertiary/aromatic N) is 1. The Labute approximate surface area is 123 Å². The Morgan fingerprint density at radius 1 is 1.30 bits per heavy atom. The fourth-order valence-corrected chi connectivity index (χ4v) is 2.64. The molecule has 1 aliphatic heterocycles. The zero-order valence-corrected chi connectivity index (χ0v) is 12.9. The Morgan fingerprint density at radius 2 is 2.10 bits per heavy atom. The van der Waals surface area contributed by atoms with Gasteiger partial charge >= 0.3 is 0 Å². The topological polar surface area (TPSA) is 24.5 Å². The Balaban J connectivity index is 1.65. The fraction of sp³-hybridized carbons (Fsp3) is 0.647. The first-order valence-corrected chi connectivity index (χ1v) is 7.92. The first-order valence-electron chi connectivity index (χ1n) is 7.92. The zero-order valence-electron chi connectivity index (χ0n) is 12.9. The zero-order chi connectivity index (χ0) is 14.2. The Morgan fingerprint density at radius 3 is 2.75 bits per heavy atom. The molecule has 1 atom stereocenters. The maximum absolute atomic E-state index is 5.82. The normalized spacial score (nSPS) is 19.4. The van der Waals surface area contributed by atoms with Gasteiger partial charge in [-0.1, -0.05) is 26.0 Å². The third-order valence-electron chi connectivity index (χ3n) is 3.86. The van der Waals surface area contributed by atoms with E-state index in [0.29, 0.717) is 0 Å². The molecule has 0 aliphatic carbocycles. The van der Waals surface area contributed by atoms with Gasteiger partial charge in [0.2, 0.25) is 0 Å². The van der Waals surface area contributed by atoms with E-state index in [2.05, 4.69) is 48.3 Å². The molecule has 1 aliphatic rings. The molecule has 1 fully saturated rings. The molecule has 2 rings (SSSR count). The van der Waals surface area contributed by atoms with Crippen molar-refractivity contribution in [3.63, 3.8) is 0 Å². The molecule has 20 heavy (non-hydrogen) atoms. The number of rotatable bonds is 8. The highest BCUT2D eigenvalue weighted by atomic mass is 16.5. The van der Waals surface area contributed by atoms with Gasteiger partial charge < -0.3 is 10.1 Å². The lowest BCUT2D eigenvalue weighted by atomic mass is 10.2. The smallest absolute Gasteiger partial charge is 0.119 e. The van der Waals surface area contributed by atoms with E-state index in [1.165, 1.54) is 31.5 Å². The summed E-state index contributed by atoms with van der Waals surface area (Å²) in [6, 6.07) is 8.46. The van der Waals surface area contributed by atoms with E-state index in [1.807, 2.05) is 0 Å². The molecule has 0 spiro atoms. The van der Waals surface area contributed by atoms with E-state index >= 15 is 0 Å². The lowest BCUT2D eigenvalue weighted by Crippen LogP contribution is -2.25. The molecule has 1 aromatic carbocycles. The average Bonchev–Trinajstić information content (AvgIpc) is 2.87. The first kappa shape index (κ1) is 15.3. The van der Waals surface area contributed by atoms with Gasteiger partial charge in [-0.2, -0.15) is 0 Å². The third-order valence-corrected chi connectivity index (χ3v) is 3.86. The van der Waals surface area contributed by atoms with Crippen LogP contribution in [0.2, 0.25) is 0 Å². The van der Waals surface area contributed by atoms with Gasteiger partial charge in [0.05, 0.1) is 0 Å². The van der Waals surface area contributed by atoms with Gasteiger partial charge in [0, 0.05) is 19.6 Å². The van der Waals surface area contributed by atoms with Crippen molar-refractivity contribution in [2.24, 2.45) is 5.92 Å². The van der Waals surface area contributed by atoms with Crippen LogP contribution in [0.1, 0.15) is 32.3 Å². The van der Waals surface area contributed by atoms with Crippen molar-refractivity contribution >= 4 is 0 Å². The van der Waals surface area contributed by atoms with Gasteiger partial charge in [-0.25, -0.2) is 0 Å². The van der Waals surface area contributed by atoms with Gasteiger partial charge in [0.1, 0.15) is 12.4 Å². The van der Waals surface area contributed by atoms with Crippen molar-refractivity contribution in [1.82, 2.24) is 10.2 Å². The molecular formula is C17H28N2O. The maximum Gasteiger partial charge on any atom is 0.119 e. The number of ether oxygens (including phenoxy) is 1. The second kappa shape index (κ2) is 8.28. The summed E-state index contributed by atoms with van der Waals surface area (Å²) in [5, 5.41) is 3.41. The summed E-state index contributed by atoms with van der Waals surface area (Å²) in [5.41, 5.74) is 1.32. The second-order valence-electron chi connectivity index (χ2n) is 5.86. The lowest BCUT2D eigenvalue weighted by molar-refractivity contribution is 0.234. The van der Waals surface area contributed by atoms with E-state index in [0.717, 1.165) is 37.9 Å². The standard InChI is InChI=1S/C17H28N2O/c1-3-9-18-13-16-4-6-17(7-5-16)20-12-11-19-10-8-15(2)14-19/h4-7,15,18H,3,8-14H2,1-2H3. The number of benzene rings is 1. The highest BCUT2D eigenvalue weighted by molar-refractivity contribution is 5.27. The molecule has 1 heterocycles. The van der Waals surface area contributed by atoms with Crippen molar-refractivity contribution in [2.45, 2.75) is 33.2 Å². The van der Waals surface area contributed by atoms with Gasteiger partial charge in [-0.15, -0.1) is 0 Å². The van der Waals surface area contributed by atoms with E-state index in [-0.39, 0.29) is 0 Å². The van der Waals surface area contributed by atoms with E-state index in [4.69, 9.17) is 4.74 Å². The minimum Gasteiger partial charge on any atom is -0.492 e. The number of hydrogen-bond acceptors (Lipinski definition) is 3. The van der Waals surface area contributed by atoms with Gasteiger partial charge in [-0.05, 0) is 49.5 Å². The van der Waals surface area contributed by atoms with Crippen LogP contribution >= 0.6 is 0 Å². The molecule has 3 nitrogen and oxygen atoms in total. The van der Waals surface area contributed by atoms with Crippen molar-refractivity contribution in [3.05, 3.63) is 29.8 Å². The van der Waals surface area contributed by atoms with Crippen LogP contribution in [0.3, 0.4) is 0 Å². The molecule has 112 valence electrons. The first-order chi connectivity index (χ1) is 9.78. The largest absolute Gasteiger partial charge is 0.492 e. The van der Waals surface area contributed by atoms with Crippen LogP contribution in [0.4, 0.5) is 0 Å². The monoisotopic (exact) mass is 276 g/mol. The molecular weight excluding hydrogens is 248 g/mol. The summed E-state index contributed by atoms with van der Waals surface area (Å²) in [6.07, 6.45) is 2.51. The van der Waals surface area contributed by atoms with Crippen LogP contribution in [0, 0.1) is 5.92 Å². The SMILES string of the molecule is CCCNCc1ccc(OCCN2CCC(C)C2)cc1. The van der Waals surface area contributed by atoms with Crippen LogP contribution in [0.5, 0.6) is 5.75 Å². The summed E-state index contributed by atoms with van der Waals surface area (Å²) >= 11 is 0. The van der Waals surface area contributed by atoms with Gasteiger partial charge in [-0.3, -0.25) is 4.90 Å². The summed E-state index contributed by atoms with van der Waals surface area (Å²) in [7, 11) is 0. The highest BCUT2D eigenvalue weighted by Gasteiger charge is 2.17. The van der Waals surface area contributed by atoms with Crippen LogP contribution in [-0.4, -0.2) is 37.7 Å². The van der Waals surface area contributed by atoms with Crippen molar-refractivity contribution < 1.29 is 4.74 Å². The van der Waals surface area contributed by atoms with Crippen LogP contribution in [0.25, 0.3) is 0 Å². The quantitative estimate of drug-likeness (QED) is 0.739.